The van der Waals surface area contributed by atoms with E-state index >= 15 is 0 Å². The summed E-state index contributed by atoms with van der Waals surface area (Å²) in [7, 11) is 0. The highest BCUT2D eigenvalue weighted by Crippen LogP contribution is 2.23. The average Bonchev–Trinajstić information content (AvgIpc) is 3.16. The highest BCUT2D eigenvalue weighted by molar-refractivity contribution is 5.78. The van der Waals surface area contributed by atoms with Crippen LogP contribution in [0, 0.1) is 5.92 Å². The minimum Gasteiger partial charge on any atom is -0.468 e. The molecule has 4 nitrogen and oxygen atoms in total. The van der Waals surface area contributed by atoms with Crippen molar-refractivity contribution in [2.24, 2.45) is 5.92 Å². The van der Waals surface area contributed by atoms with Gasteiger partial charge in [0.25, 0.3) is 0 Å². The molecule has 1 aliphatic rings. The molecule has 3 rings (SSSR count). The van der Waals surface area contributed by atoms with E-state index in [1.165, 1.54) is 0 Å². The van der Waals surface area contributed by atoms with Crippen molar-refractivity contribution in [2.45, 2.75) is 38.6 Å². The molecule has 134 valence electrons. The Bertz CT molecular complexity index is 630. The molecule has 0 saturated carbocycles. The molecule has 1 aromatic heterocycles. The first-order chi connectivity index (χ1) is 12.3. The lowest BCUT2D eigenvalue weighted by molar-refractivity contribution is -0.147. The van der Waals surface area contributed by atoms with Gasteiger partial charge in [-0.2, -0.15) is 0 Å². The van der Waals surface area contributed by atoms with Gasteiger partial charge in [-0.05, 0) is 56.0 Å². The largest absolute Gasteiger partial charge is 0.468 e. The lowest BCUT2D eigenvalue weighted by Crippen LogP contribution is -2.35. The Labute approximate surface area is 149 Å². The number of nitrogens with zero attached hydrogens (tertiary/aromatic N) is 1. The third-order valence-corrected chi connectivity index (χ3v) is 5.02. The zero-order valence-electron chi connectivity index (χ0n) is 14.9. The molecule has 0 aliphatic carbocycles. The average molecular weight is 341 g/mol. The molecular weight excluding hydrogens is 314 g/mol. The number of ether oxygens (including phenoxy) is 1. The molecule has 1 aromatic carbocycles. The maximum Gasteiger partial charge on any atom is 0.313 e. The summed E-state index contributed by atoms with van der Waals surface area (Å²) in [6, 6.07) is 13.9. The van der Waals surface area contributed by atoms with Crippen LogP contribution in [0.25, 0.3) is 0 Å². The van der Waals surface area contributed by atoms with E-state index in [1.807, 2.05) is 49.4 Å². The van der Waals surface area contributed by atoms with Crippen molar-refractivity contribution in [3.05, 3.63) is 60.1 Å². The summed E-state index contributed by atoms with van der Waals surface area (Å²) in [5.41, 5.74) is 1.04. The number of carbonyl (C=O) groups is 1. The maximum atomic E-state index is 12.4. The molecule has 0 N–H and O–H groups in total. The molecule has 4 heteroatoms. The summed E-state index contributed by atoms with van der Waals surface area (Å²) >= 11 is 0. The quantitative estimate of drug-likeness (QED) is 0.707. The minimum absolute atomic E-state index is 0.0910. The number of piperidine rings is 1. The first-order valence-corrected chi connectivity index (χ1v) is 9.22. The van der Waals surface area contributed by atoms with Crippen LogP contribution < -0.4 is 0 Å². The smallest absolute Gasteiger partial charge is 0.313 e. The molecular formula is C21H27NO3. The van der Waals surface area contributed by atoms with E-state index in [1.54, 1.807) is 6.26 Å². The van der Waals surface area contributed by atoms with Crippen molar-refractivity contribution >= 4 is 5.97 Å². The molecule has 1 atom stereocenters. The zero-order chi connectivity index (χ0) is 17.5. The van der Waals surface area contributed by atoms with Gasteiger partial charge in [0, 0.05) is 0 Å². The fourth-order valence-electron chi connectivity index (χ4n) is 3.46. The third kappa shape index (κ3) is 4.95. The summed E-state index contributed by atoms with van der Waals surface area (Å²) < 4.78 is 11.1. The Kier molecular flexibility index (Phi) is 6.29. The van der Waals surface area contributed by atoms with Gasteiger partial charge in [0.1, 0.15) is 5.76 Å². The second kappa shape index (κ2) is 8.86. The Hall–Kier alpha value is -2.07. The first-order valence-electron chi connectivity index (χ1n) is 9.22. The van der Waals surface area contributed by atoms with Crippen LogP contribution in [0.1, 0.15) is 43.4 Å². The molecule has 1 aliphatic heterocycles. The van der Waals surface area contributed by atoms with E-state index < -0.39 is 0 Å². The van der Waals surface area contributed by atoms with Gasteiger partial charge in [0.15, 0.2) is 0 Å². The van der Waals surface area contributed by atoms with Crippen LogP contribution in [-0.2, 0) is 16.1 Å². The molecule has 0 amide bonds. The maximum absolute atomic E-state index is 12.4. The highest BCUT2D eigenvalue weighted by atomic mass is 16.5. The van der Waals surface area contributed by atoms with Gasteiger partial charge in [-0.3, -0.25) is 9.69 Å². The van der Waals surface area contributed by atoms with E-state index in [2.05, 4.69) is 4.90 Å². The Morgan fingerprint density at radius 1 is 1.20 bits per heavy atom. The van der Waals surface area contributed by atoms with Crippen molar-refractivity contribution < 1.29 is 13.9 Å². The van der Waals surface area contributed by atoms with E-state index in [0.717, 1.165) is 50.2 Å². The van der Waals surface area contributed by atoms with Gasteiger partial charge in [-0.1, -0.05) is 37.3 Å². The van der Waals surface area contributed by atoms with Crippen LogP contribution in [0.3, 0.4) is 0 Å². The lowest BCUT2D eigenvalue weighted by Gasteiger charge is -2.31. The van der Waals surface area contributed by atoms with Crippen LogP contribution in [0.2, 0.25) is 0 Å². The molecule has 1 saturated heterocycles. The number of likely N-dealkylation sites (tertiary alicyclic amines) is 1. The first kappa shape index (κ1) is 17.7. The normalized spacial score (nSPS) is 17.3. The van der Waals surface area contributed by atoms with Crippen LogP contribution in [0.15, 0.2) is 53.1 Å². The SMILES string of the molecule is CC[C@@H](C(=O)OCC1CCN(Cc2ccco2)CC1)c1ccccc1. The number of carbonyl (C=O) groups excluding carboxylic acids is 1. The molecule has 25 heavy (non-hydrogen) atoms. The van der Waals surface area contributed by atoms with Gasteiger partial charge >= 0.3 is 5.97 Å². The molecule has 0 spiro atoms. The van der Waals surface area contributed by atoms with Gasteiger partial charge in [-0.15, -0.1) is 0 Å². The Morgan fingerprint density at radius 2 is 1.96 bits per heavy atom. The summed E-state index contributed by atoms with van der Waals surface area (Å²) in [4.78, 5) is 14.8. The standard InChI is InChI=1S/C21H27NO3/c1-2-20(18-7-4-3-5-8-18)21(23)25-16-17-10-12-22(13-11-17)15-19-9-6-14-24-19/h3-9,14,17,20H,2,10-13,15-16H2,1H3/t20-/m1/s1. The van der Waals surface area contributed by atoms with Crippen molar-refractivity contribution in [2.75, 3.05) is 19.7 Å². The lowest BCUT2D eigenvalue weighted by atomic mass is 9.96. The van der Waals surface area contributed by atoms with Crippen LogP contribution in [0.4, 0.5) is 0 Å². The van der Waals surface area contributed by atoms with Crippen molar-refractivity contribution in [1.29, 1.82) is 0 Å². The second-order valence-electron chi connectivity index (χ2n) is 6.80. The molecule has 0 radical (unpaired) electrons. The van der Waals surface area contributed by atoms with Crippen LogP contribution >= 0.6 is 0 Å². The van der Waals surface area contributed by atoms with E-state index in [4.69, 9.17) is 9.15 Å². The molecule has 0 bridgehead atoms. The molecule has 2 aromatic rings. The number of hydrogen-bond donors (Lipinski definition) is 0. The number of rotatable bonds is 7. The second-order valence-corrected chi connectivity index (χ2v) is 6.80. The third-order valence-electron chi connectivity index (χ3n) is 5.02. The minimum atomic E-state index is -0.153. The number of benzene rings is 1. The number of esters is 1. The van der Waals surface area contributed by atoms with Gasteiger partial charge in [0.2, 0.25) is 0 Å². The predicted molar refractivity (Wildman–Crippen MR) is 97.1 cm³/mol. The molecule has 0 unspecified atom stereocenters. The van der Waals surface area contributed by atoms with E-state index in [0.29, 0.717) is 12.5 Å². The highest BCUT2D eigenvalue weighted by Gasteiger charge is 2.24. The van der Waals surface area contributed by atoms with E-state index in [-0.39, 0.29) is 11.9 Å². The summed E-state index contributed by atoms with van der Waals surface area (Å²) in [5.74, 6) is 1.23. The van der Waals surface area contributed by atoms with Gasteiger partial charge in [0.05, 0.1) is 25.3 Å². The van der Waals surface area contributed by atoms with Crippen molar-refractivity contribution in [1.82, 2.24) is 4.90 Å². The van der Waals surface area contributed by atoms with Crippen molar-refractivity contribution in [3.63, 3.8) is 0 Å². The number of hydrogen-bond acceptors (Lipinski definition) is 4. The topological polar surface area (TPSA) is 42.7 Å². The fourth-order valence-corrected chi connectivity index (χ4v) is 3.46. The summed E-state index contributed by atoms with van der Waals surface area (Å²) in [6.45, 7) is 5.49. The van der Waals surface area contributed by atoms with Crippen molar-refractivity contribution in [3.8, 4) is 0 Å². The van der Waals surface area contributed by atoms with Gasteiger partial charge in [-0.25, -0.2) is 0 Å². The van der Waals surface area contributed by atoms with Crippen LogP contribution in [-0.4, -0.2) is 30.6 Å². The Morgan fingerprint density at radius 3 is 2.60 bits per heavy atom. The Balaban J connectivity index is 1.42. The molecule has 1 fully saturated rings. The predicted octanol–water partition coefficient (Wildman–Crippen LogP) is 4.23. The summed E-state index contributed by atoms with van der Waals surface area (Å²) in [6.07, 6.45) is 4.62. The van der Waals surface area contributed by atoms with Crippen LogP contribution in [0.5, 0.6) is 0 Å². The summed E-state index contributed by atoms with van der Waals surface area (Å²) in [5, 5.41) is 0. The monoisotopic (exact) mass is 341 g/mol. The fraction of sp³-hybridized carbons (Fsp3) is 0.476. The number of furan rings is 1. The van der Waals surface area contributed by atoms with E-state index in [9.17, 15) is 4.79 Å². The molecule has 2 heterocycles. The van der Waals surface area contributed by atoms with Gasteiger partial charge < -0.3 is 9.15 Å². The zero-order valence-corrected chi connectivity index (χ0v) is 14.9.